The summed E-state index contributed by atoms with van der Waals surface area (Å²) in [6.07, 6.45) is 1.89. The molecule has 2 heterocycles. The summed E-state index contributed by atoms with van der Waals surface area (Å²) in [6, 6.07) is 8.18. The van der Waals surface area contributed by atoms with Crippen LogP contribution in [0.3, 0.4) is 0 Å². The van der Waals surface area contributed by atoms with Gasteiger partial charge in [0.2, 0.25) is 0 Å². The number of rotatable bonds is 4. The molecule has 2 aromatic rings. The number of hydrogen-bond acceptors (Lipinski definition) is 5. The first-order chi connectivity index (χ1) is 11.5. The summed E-state index contributed by atoms with van der Waals surface area (Å²) in [5, 5.41) is 11.2. The van der Waals surface area contributed by atoms with Crippen LogP contribution in [0.25, 0.3) is 0 Å². The van der Waals surface area contributed by atoms with E-state index in [9.17, 15) is 14.9 Å². The minimum absolute atomic E-state index is 0.0440. The van der Waals surface area contributed by atoms with E-state index in [1.54, 1.807) is 24.3 Å². The Balaban J connectivity index is 1.98. The number of nitrogens with zero attached hydrogens (tertiary/aromatic N) is 3. The van der Waals surface area contributed by atoms with Gasteiger partial charge >= 0.3 is 0 Å². The summed E-state index contributed by atoms with van der Waals surface area (Å²) in [6.45, 7) is 4.13. The van der Waals surface area contributed by atoms with Crippen molar-refractivity contribution in [2.45, 2.75) is 26.4 Å². The zero-order valence-electron chi connectivity index (χ0n) is 13.4. The lowest BCUT2D eigenvalue weighted by Crippen LogP contribution is -2.30. The fourth-order valence-electron chi connectivity index (χ4n) is 2.83. The maximum absolute atomic E-state index is 12.9. The van der Waals surface area contributed by atoms with Gasteiger partial charge in [-0.3, -0.25) is 14.9 Å². The third-order valence-electron chi connectivity index (χ3n) is 3.78. The highest BCUT2D eigenvalue weighted by molar-refractivity contribution is 6.08. The Hall–Kier alpha value is -2.96. The minimum Gasteiger partial charge on any atom is -0.489 e. The lowest BCUT2D eigenvalue weighted by molar-refractivity contribution is -0.385. The van der Waals surface area contributed by atoms with Crippen molar-refractivity contribution < 1.29 is 14.5 Å². The van der Waals surface area contributed by atoms with E-state index >= 15 is 0 Å². The molecule has 0 atom stereocenters. The van der Waals surface area contributed by atoms with Crippen LogP contribution >= 0.6 is 0 Å². The topological polar surface area (TPSA) is 85.6 Å². The van der Waals surface area contributed by atoms with Gasteiger partial charge in [-0.25, -0.2) is 4.98 Å². The Morgan fingerprint density at radius 3 is 2.83 bits per heavy atom. The second-order valence-corrected chi connectivity index (χ2v) is 5.76. The van der Waals surface area contributed by atoms with E-state index in [1.165, 1.54) is 17.2 Å². The van der Waals surface area contributed by atoms with E-state index in [0.29, 0.717) is 30.0 Å². The summed E-state index contributed by atoms with van der Waals surface area (Å²) in [7, 11) is 0. The number of aromatic nitrogens is 1. The molecule has 7 heteroatoms. The molecule has 0 fully saturated rings. The first-order valence-electron chi connectivity index (χ1n) is 7.69. The normalized spacial score (nSPS) is 13.0. The molecule has 0 spiro atoms. The number of benzene rings is 1. The van der Waals surface area contributed by atoms with Crippen LogP contribution in [0, 0.1) is 10.1 Å². The Labute approximate surface area is 139 Å². The van der Waals surface area contributed by atoms with Crippen LogP contribution in [0.5, 0.6) is 5.75 Å². The van der Waals surface area contributed by atoms with Crippen LogP contribution < -0.4 is 9.64 Å². The molecule has 3 rings (SSSR count). The first kappa shape index (κ1) is 15.9. The molecule has 1 aliphatic heterocycles. The molecule has 0 N–H and O–H groups in total. The molecule has 1 aromatic carbocycles. The van der Waals surface area contributed by atoms with E-state index in [1.807, 2.05) is 13.8 Å². The average Bonchev–Trinajstić information content (AvgIpc) is 2.98. The SMILES string of the molecule is CC(C)Oc1cccnc1C(=O)N1CCc2c1cccc2[N+](=O)[O-]. The molecule has 0 saturated carbocycles. The Morgan fingerprint density at radius 2 is 2.12 bits per heavy atom. The number of carbonyl (C=O) groups is 1. The zero-order valence-corrected chi connectivity index (χ0v) is 13.4. The van der Waals surface area contributed by atoms with Gasteiger partial charge in [-0.2, -0.15) is 0 Å². The maximum Gasteiger partial charge on any atom is 0.280 e. The number of ether oxygens (including phenoxy) is 1. The third kappa shape index (κ3) is 2.80. The fraction of sp³-hybridized carbons (Fsp3) is 0.294. The van der Waals surface area contributed by atoms with Gasteiger partial charge in [0.1, 0.15) is 0 Å². The molecule has 124 valence electrons. The molecular weight excluding hydrogens is 310 g/mol. The highest BCUT2D eigenvalue weighted by Gasteiger charge is 2.32. The molecule has 0 unspecified atom stereocenters. The van der Waals surface area contributed by atoms with Crippen LogP contribution in [0.15, 0.2) is 36.5 Å². The van der Waals surface area contributed by atoms with Crippen molar-refractivity contribution in [1.82, 2.24) is 4.98 Å². The lowest BCUT2D eigenvalue weighted by Gasteiger charge is -2.19. The largest absolute Gasteiger partial charge is 0.489 e. The number of carbonyl (C=O) groups excluding carboxylic acids is 1. The van der Waals surface area contributed by atoms with Crippen LogP contribution in [-0.4, -0.2) is 28.5 Å². The lowest BCUT2D eigenvalue weighted by atomic mass is 10.1. The zero-order chi connectivity index (χ0) is 17.3. The first-order valence-corrected chi connectivity index (χ1v) is 7.69. The van der Waals surface area contributed by atoms with Crippen LogP contribution in [0.2, 0.25) is 0 Å². The van der Waals surface area contributed by atoms with E-state index in [4.69, 9.17) is 4.74 Å². The summed E-state index contributed by atoms with van der Waals surface area (Å²) in [4.78, 5) is 29.3. The van der Waals surface area contributed by atoms with Crippen molar-refractivity contribution in [3.8, 4) is 5.75 Å². The van der Waals surface area contributed by atoms with Crippen molar-refractivity contribution in [2.75, 3.05) is 11.4 Å². The highest BCUT2D eigenvalue weighted by atomic mass is 16.6. The van der Waals surface area contributed by atoms with E-state index < -0.39 is 4.92 Å². The van der Waals surface area contributed by atoms with Crippen LogP contribution in [-0.2, 0) is 6.42 Å². The summed E-state index contributed by atoms with van der Waals surface area (Å²) < 4.78 is 5.66. The molecule has 1 amide bonds. The average molecular weight is 327 g/mol. The van der Waals surface area contributed by atoms with Crippen molar-refractivity contribution in [3.63, 3.8) is 0 Å². The van der Waals surface area contributed by atoms with Crippen molar-refractivity contribution in [1.29, 1.82) is 0 Å². The maximum atomic E-state index is 12.9. The Bertz CT molecular complexity index is 804. The van der Waals surface area contributed by atoms with Gasteiger partial charge in [-0.1, -0.05) is 6.07 Å². The van der Waals surface area contributed by atoms with Crippen molar-refractivity contribution in [2.24, 2.45) is 0 Å². The molecule has 1 aromatic heterocycles. The van der Waals surface area contributed by atoms with E-state index in [0.717, 1.165) is 0 Å². The number of amides is 1. The van der Waals surface area contributed by atoms with Crippen LogP contribution in [0.4, 0.5) is 11.4 Å². The summed E-state index contributed by atoms with van der Waals surface area (Å²) in [5.41, 5.74) is 1.40. The van der Waals surface area contributed by atoms with Gasteiger partial charge in [0, 0.05) is 18.8 Å². The Morgan fingerprint density at radius 1 is 1.33 bits per heavy atom. The molecule has 7 nitrogen and oxygen atoms in total. The number of fused-ring (bicyclic) bond motifs is 1. The Kier molecular flexibility index (Phi) is 4.16. The summed E-state index contributed by atoms with van der Waals surface area (Å²) in [5.74, 6) is 0.0990. The number of nitro benzene ring substituents is 1. The molecule has 24 heavy (non-hydrogen) atoms. The number of nitro groups is 1. The van der Waals surface area contributed by atoms with Crippen molar-refractivity contribution in [3.05, 3.63) is 57.9 Å². The van der Waals surface area contributed by atoms with Gasteiger partial charge in [0.05, 0.1) is 22.3 Å². The number of hydrogen-bond donors (Lipinski definition) is 0. The van der Waals surface area contributed by atoms with E-state index in [2.05, 4.69) is 4.98 Å². The molecular formula is C17H17N3O4. The molecule has 0 radical (unpaired) electrons. The second kappa shape index (κ2) is 6.27. The standard InChI is InChI=1S/C17H17N3O4/c1-11(2)24-15-7-4-9-18-16(15)17(21)19-10-8-12-13(19)5-3-6-14(12)20(22)23/h3-7,9,11H,8,10H2,1-2H3. The van der Waals surface area contributed by atoms with E-state index in [-0.39, 0.29) is 23.4 Å². The van der Waals surface area contributed by atoms with Gasteiger partial charge < -0.3 is 9.64 Å². The number of pyridine rings is 1. The molecule has 0 bridgehead atoms. The quantitative estimate of drug-likeness (QED) is 0.636. The molecule has 0 aliphatic carbocycles. The van der Waals surface area contributed by atoms with Gasteiger partial charge in [0.25, 0.3) is 11.6 Å². The summed E-state index contributed by atoms with van der Waals surface area (Å²) >= 11 is 0. The minimum atomic E-state index is -0.416. The number of anilines is 1. The molecule has 1 aliphatic rings. The predicted molar refractivity (Wildman–Crippen MR) is 88.5 cm³/mol. The monoisotopic (exact) mass is 327 g/mol. The fourth-order valence-corrected chi connectivity index (χ4v) is 2.83. The highest BCUT2D eigenvalue weighted by Crippen LogP contribution is 2.36. The second-order valence-electron chi connectivity index (χ2n) is 5.76. The van der Waals surface area contributed by atoms with Crippen LogP contribution in [0.1, 0.15) is 29.9 Å². The predicted octanol–water partition coefficient (Wildman–Crippen LogP) is 2.98. The van der Waals surface area contributed by atoms with Gasteiger partial charge in [-0.05, 0) is 38.5 Å². The van der Waals surface area contributed by atoms with Gasteiger partial charge in [-0.15, -0.1) is 0 Å². The van der Waals surface area contributed by atoms with Crippen molar-refractivity contribution >= 4 is 17.3 Å². The smallest absolute Gasteiger partial charge is 0.280 e. The third-order valence-corrected chi connectivity index (χ3v) is 3.78. The molecule has 0 saturated heterocycles. The van der Waals surface area contributed by atoms with Gasteiger partial charge in [0.15, 0.2) is 11.4 Å².